The minimum absolute atomic E-state index is 0.0110. The van der Waals surface area contributed by atoms with Crippen LogP contribution in [0.15, 0.2) is 25.3 Å². The molecule has 0 aromatic heterocycles. The molecular weight excluding hydrogens is 320 g/mol. The van der Waals surface area contributed by atoms with Crippen LogP contribution in [-0.4, -0.2) is 19.5 Å². The molecule has 2 nitrogen and oxygen atoms in total. The maximum atomic E-state index is 5.96. The molecule has 0 unspecified atom stereocenters. The standard InChI is InChI=1S/C24H40O2/c1-3-5-7-19-9-11-20(12-10-19)21-13-15-22(16-14-21)23-17-25-24(26-18-23)8-6-4-2/h3-4,19-24H,1-2,5-18H2. The van der Waals surface area contributed by atoms with Crippen LogP contribution in [0.5, 0.6) is 0 Å². The average Bonchev–Trinajstić information content (AvgIpc) is 2.72. The Morgan fingerprint density at radius 2 is 1.08 bits per heavy atom. The number of ether oxygens (including phenoxy) is 2. The van der Waals surface area contributed by atoms with Gasteiger partial charge in [0.1, 0.15) is 0 Å². The van der Waals surface area contributed by atoms with Gasteiger partial charge in [-0.25, -0.2) is 0 Å². The van der Waals surface area contributed by atoms with Crippen molar-refractivity contribution in [2.45, 2.75) is 83.3 Å². The molecule has 3 rings (SSSR count). The predicted octanol–water partition coefficient (Wildman–Crippen LogP) is 6.52. The van der Waals surface area contributed by atoms with E-state index in [-0.39, 0.29) is 6.29 Å². The fourth-order valence-corrected chi connectivity index (χ4v) is 5.64. The summed E-state index contributed by atoms with van der Waals surface area (Å²) >= 11 is 0. The van der Waals surface area contributed by atoms with Crippen molar-refractivity contribution in [3.05, 3.63) is 25.3 Å². The van der Waals surface area contributed by atoms with Gasteiger partial charge in [-0.15, -0.1) is 13.2 Å². The monoisotopic (exact) mass is 360 g/mol. The highest BCUT2D eigenvalue weighted by atomic mass is 16.7. The lowest BCUT2D eigenvalue weighted by Gasteiger charge is -2.41. The number of rotatable bonds is 8. The number of hydrogen-bond acceptors (Lipinski definition) is 2. The SMILES string of the molecule is C=CCCC1CCC(C2CCC(C3COC(CCC=C)OC3)CC2)CC1. The van der Waals surface area contributed by atoms with Crippen LogP contribution in [0.2, 0.25) is 0 Å². The molecule has 0 spiro atoms. The lowest BCUT2D eigenvalue weighted by atomic mass is 9.67. The largest absolute Gasteiger partial charge is 0.352 e. The van der Waals surface area contributed by atoms with Crippen LogP contribution in [0.4, 0.5) is 0 Å². The molecule has 3 aliphatic rings. The van der Waals surface area contributed by atoms with E-state index < -0.39 is 0 Å². The van der Waals surface area contributed by atoms with Crippen molar-refractivity contribution in [2.75, 3.05) is 13.2 Å². The molecule has 1 saturated heterocycles. The highest BCUT2D eigenvalue weighted by Gasteiger charge is 2.35. The second-order valence-electron chi connectivity index (χ2n) is 9.04. The Morgan fingerprint density at radius 3 is 1.62 bits per heavy atom. The maximum Gasteiger partial charge on any atom is 0.157 e. The summed E-state index contributed by atoms with van der Waals surface area (Å²) < 4.78 is 11.9. The molecule has 148 valence electrons. The lowest BCUT2D eigenvalue weighted by Crippen LogP contribution is -2.38. The Kier molecular flexibility index (Phi) is 8.26. The summed E-state index contributed by atoms with van der Waals surface area (Å²) in [6.07, 6.45) is 20.2. The van der Waals surface area contributed by atoms with Crippen molar-refractivity contribution in [2.24, 2.45) is 29.6 Å². The van der Waals surface area contributed by atoms with E-state index in [0.717, 1.165) is 49.7 Å². The molecule has 1 aliphatic heterocycles. The minimum Gasteiger partial charge on any atom is -0.352 e. The summed E-state index contributed by atoms with van der Waals surface area (Å²) in [7, 11) is 0. The third kappa shape index (κ3) is 5.70. The first-order valence-electron chi connectivity index (χ1n) is 11.2. The lowest BCUT2D eigenvalue weighted by molar-refractivity contribution is -0.212. The van der Waals surface area contributed by atoms with Gasteiger partial charge < -0.3 is 9.47 Å². The van der Waals surface area contributed by atoms with Crippen molar-refractivity contribution in [1.29, 1.82) is 0 Å². The fraction of sp³-hybridized carbons (Fsp3) is 0.833. The Labute approximate surface area is 161 Å². The van der Waals surface area contributed by atoms with Gasteiger partial charge in [0.25, 0.3) is 0 Å². The first-order valence-corrected chi connectivity index (χ1v) is 11.2. The second-order valence-corrected chi connectivity index (χ2v) is 9.04. The molecule has 1 heterocycles. The van der Waals surface area contributed by atoms with Gasteiger partial charge in [0.05, 0.1) is 13.2 Å². The average molecular weight is 361 g/mol. The van der Waals surface area contributed by atoms with Crippen molar-refractivity contribution in [1.82, 2.24) is 0 Å². The summed E-state index contributed by atoms with van der Waals surface area (Å²) in [5.41, 5.74) is 0. The number of hydrogen-bond donors (Lipinski definition) is 0. The smallest absolute Gasteiger partial charge is 0.157 e. The molecule has 26 heavy (non-hydrogen) atoms. The Bertz CT molecular complexity index is 368. The predicted molar refractivity (Wildman–Crippen MR) is 109 cm³/mol. The highest BCUT2D eigenvalue weighted by molar-refractivity contribution is 4.85. The summed E-state index contributed by atoms with van der Waals surface area (Å²) in [6, 6.07) is 0. The molecule has 2 saturated carbocycles. The zero-order valence-electron chi connectivity index (χ0n) is 16.7. The first kappa shape index (κ1) is 20.1. The normalized spacial score (nSPS) is 38.6. The van der Waals surface area contributed by atoms with Gasteiger partial charge in [0, 0.05) is 12.3 Å². The quantitative estimate of drug-likeness (QED) is 0.459. The van der Waals surface area contributed by atoms with E-state index in [2.05, 4.69) is 19.2 Å². The molecule has 0 radical (unpaired) electrons. The summed E-state index contributed by atoms with van der Waals surface area (Å²) in [5, 5.41) is 0. The van der Waals surface area contributed by atoms with Gasteiger partial charge in [-0.1, -0.05) is 25.0 Å². The molecule has 0 aromatic rings. The van der Waals surface area contributed by atoms with E-state index in [9.17, 15) is 0 Å². The molecule has 0 amide bonds. The maximum absolute atomic E-state index is 5.96. The van der Waals surface area contributed by atoms with Crippen molar-refractivity contribution >= 4 is 0 Å². The summed E-state index contributed by atoms with van der Waals surface area (Å²) in [6.45, 7) is 9.47. The van der Waals surface area contributed by atoms with E-state index in [1.54, 1.807) is 0 Å². The van der Waals surface area contributed by atoms with Crippen molar-refractivity contribution in [3.8, 4) is 0 Å². The molecule has 0 atom stereocenters. The molecule has 0 bridgehead atoms. The second kappa shape index (κ2) is 10.7. The zero-order valence-corrected chi connectivity index (χ0v) is 16.7. The van der Waals surface area contributed by atoms with Crippen LogP contribution in [0.1, 0.15) is 77.0 Å². The van der Waals surface area contributed by atoms with Gasteiger partial charge in [-0.05, 0) is 81.5 Å². The zero-order chi connectivity index (χ0) is 18.2. The van der Waals surface area contributed by atoms with E-state index in [1.165, 1.54) is 64.2 Å². The van der Waals surface area contributed by atoms with E-state index in [0.29, 0.717) is 5.92 Å². The molecule has 0 aromatic carbocycles. The minimum atomic E-state index is 0.0110. The third-order valence-corrected chi connectivity index (χ3v) is 7.42. The van der Waals surface area contributed by atoms with Crippen molar-refractivity contribution in [3.63, 3.8) is 0 Å². The van der Waals surface area contributed by atoms with Crippen LogP contribution in [0, 0.1) is 29.6 Å². The Hall–Kier alpha value is -0.600. The van der Waals surface area contributed by atoms with Gasteiger partial charge >= 0.3 is 0 Å². The van der Waals surface area contributed by atoms with Crippen LogP contribution >= 0.6 is 0 Å². The summed E-state index contributed by atoms with van der Waals surface area (Å²) in [4.78, 5) is 0. The first-order chi connectivity index (χ1) is 12.8. The number of allylic oxidation sites excluding steroid dienone is 2. The van der Waals surface area contributed by atoms with Crippen molar-refractivity contribution < 1.29 is 9.47 Å². The van der Waals surface area contributed by atoms with Crippen LogP contribution in [-0.2, 0) is 9.47 Å². The molecule has 0 N–H and O–H groups in total. The van der Waals surface area contributed by atoms with E-state index in [1.807, 2.05) is 6.08 Å². The van der Waals surface area contributed by atoms with Crippen LogP contribution in [0.25, 0.3) is 0 Å². The molecule has 2 aliphatic carbocycles. The van der Waals surface area contributed by atoms with E-state index in [4.69, 9.17) is 9.47 Å². The van der Waals surface area contributed by atoms with Gasteiger partial charge in [-0.2, -0.15) is 0 Å². The topological polar surface area (TPSA) is 18.5 Å². The van der Waals surface area contributed by atoms with Gasteiger partial charge in [0.2, 0.25) is 0 Å². The van der Waals surface area contributed by atoms with E-state index >= 15 is 0 Å². The molecule has 3 fully saturated rings. The third-order valence-electron chi connectivity index (χ3n) is 7.42. The van der Waals surface area contributed by atoms with Gasteiger partial charge in [-0.3, -0.25) is 0 Å². The van der Waals surface area contributed by atoms with Crippen LogP contribution < -0.4 is 0 Å². The highest BCUT2D eigenvalue weighted by Crippen LogP contribution is 2.44. The van der Waals surface area contributed by atoms with Gasteiger partial charge in [0.15, 0.2) is 6.29 Å². The molecule has 2 heteroatoms. The Balaban J connectivity index is 1.33. The van der Waals surface area contributed by atoms with Crippen LogP contribution in [0.3, 0.4) is 0 Å². The molecular formula is C24H40O2. The fourth-order valence-electron chi connectivity index (χ4n) is 5.64. The Morgan fingerprint density at radius 1 is 0.615 bits per heavy atom. The summed E-state index contributed by atoms with van der Waals surface area (Å²) in [5.74, 6) is 4.45.